The molecule has 4 rings (SSSR count). The van der Waals surface area contributed by atoms with Gasteiger partial charge in [0.1, 0.15) is 10.8 Å². The van der Waals surface area contributed by atoms with E-state index in [1.807, 2.05) is 51.2 Å². The lowest BCUT2D eigenvalue weighted by molar-refractivity contribution is 0.0942. The summed E-state index contributed by atoms with van der Waals surface area (Å²) in [6.07, 6.45) is 3.55. The summed E-state index contributed by atoms with van der Waals surface area (Å²) in [5.41, 5.74) is 6.79. The van der Waals surface area contributed by atoms with E-state index in [1.165, 1.54) is 5.56 Å². The summed E-state index contributed by atoms with van der Waals surface area (Å²) in [7, 11) is 1.67. The summed E-state index contributed by atoms with van der Waals surface area (Å²) < 4.78 is 7.49. The maximum Gasteiger partial charge on any atom is 0.253 e. The molecule has 7 heteroatoms. The standard InChI is InChI=1S/C28H32N4O2S/c1-6-22-15-21(11-13-29-22)28-31-25(17-35-28)26-16-24(27(33)30-18(2)3)19(4)32(26)14-12-20-7-9-23(34-5)10-8-20/h7-11,13,15-18H,6,12,14H2,1-5H3,(H,30,33). The Morgan fingerprint density at radius 1 is 1.17 bits per heavy atom. The Labute approximate surface area is 211 Å². The average molecular weight is 489 g/mol. The van der Waals surface area contributed by atoms with Gasteiger partial charge >= 0.3 is 0 Å². The van der Waals surface area contributed by atoms with Gasteiger partial charge in [0.15, 0.2) is 0 Å². The van der Waals surface area contributed by atoms with Crippen LogP contribution >= 0.6 is 11.3 Å². The summed E-state index contributed by atoms with van der Waals surface area (Å²) in [4.78, 5) is 22.3. The highest BCUT2D eigenvalue weighted by molar-refractivity contribution is 7.13. The Bertz CT molecular complexity index is 1310. The Morgan fingerprint density at radius 3 is 2.63 bits per heavy atom. The van der Waals surface area contributed by atoms with Crippen molar-refractivity contribution in [1.29, 1.82) is 0 Å². The number of hydrogen-bond acceptors (Lipinski definition) is 5. The van der Waals surface area contributed by atoms with Crippen LogP contribution in [0.15, 0.2) is 54.0 Å². The van der Waals surface area contributed by atoms with Crippen molar-refractivity contribution in [1.82, 2.24) is 19.9 Å². The number of pyridine rings is 1. The van der Waals surface area contributed by atoms with Gasteiger partial charge in [-0.3, -0.25) is 9.78 Å². The number of hydrogen-bond donors (Lipinski definition) is 1. The minimum absolute atomic E-state index is 0.0564. The van der Waals surface area contributed by atoms with E-state index in [1.54, 1.807) is 18.4 Å². The molecule has 0 bridgehead atoms. The van der Waals surface area contributed by atoms with E-state index in [0.29, 0.717) is 5.56 Å². The highest BCUT2D eigenvalue weighted by Gasteiger charge is 2.21. The van der Waals surface area contributed by atoms with E-state index in [2.05, 4.69) is 45.4 Å². The van der Waals surface area contributed by atoms with Crippen LogP contribution in [0.5, 0.6) is 5.75 Å². The van der Waals surface area contributed by atoms with Gasteiger partial charge in [-0.15, -0.1) is 11.3 Å². The Balaban J connectivity index is 1.69. The molecule has 0 spiro atoms. The van der Waals surface area contributed by atoms with Crippen molar-refractivity contribution >= 4 is 17.2 Å². The Morgan fingerprint density at radius 2 is 1.94 bits per heavy atom. The fourth-order valence-electron chi connectivity index (χ4n) is 4.08. The molecule has 0 radical (unpaired) electrons. The normalized spacial score (nSPS) is 11.1. The van der Waals surface area contributed by atoms with Gasteiger partial charge in [0.25, 0.3) is 5.91 Å². The lowest BCUT2D eigenvalue weighted by Gasteiger charge is -2.12. The second kappa shape index (κ2) is 10.9. The van der Waals surface area contributed by atoms with Crippen LogP contribution in [0.1, 0.15) is 48.1 Å². The molecular formula is C28H32N4O2S. The Hall–Kier alpha value is -3.45. The largest absolute Gasteiger partial charge is 0.497 e. The van der Waals surface area contributed by atoms with Crippen molar-refractivity contribution in [3.63, 3.8) is 0 Å². The van der Waals surface area contributed by atoms with E-state index >= 15 is 0 Å². The van der Waals surface area contributed by atoms with Gasteiger partial charge in [0.2, 0.25) is 0 Å². The highest BCUT2D eigenvalue weighted by Crippen LogP contribution is 2.32. The van der Waals surface area contributed by atoms with Crippen LogP contribution in [0.2, 0.25) is 0 Å². The molecular weight excluding hydrogens is 456 g/mol. The third-order valence-electron chi connectivity index (χ3n) is 6.01. The van der Waals surface area contributed by atoms with Crippen LogP contribution in [0.25, 0.3) is 22.0 Å². The number of nitrogens with zero attached hydrogens (tertiary/aromatic N) is 3. The van der Waals surface area contributed by atoms with Crippen LogP contribution in [0, 0.1) is 6.92 Å². The molecule has 1 N–H and O–H groups in total. The van der Waals surface area contributed by atoms with E-state index in [4.69, 9.17) is 9.72 Å². The number of rotatable bonds is 9. The lowest BCUT2D eigenvalue weighted by atomic mass is 10.1. The SMILES string of the molecule is CCc1cc(-c2nc(-c3cc(C(=O)NC(C)C)c(C)n3CCc3ccc(OC)cc3)cs2)ccn1. The second-order valence-corrected chi connectivity index (χ2v) is 9.69. The summed E-state index contributed by atoms with van der Waals surface area (Å²) in [6, 6.07) is 14.3. The summed E-state index contributed by atoms with van der Waals surface area (Å²) in [5.74, 6) is 0.788. The lowest BCUT2D eigenvalue weighted by Crippen LogP contribution is -2.30. The van der Waals surface area contributed by atoms with Gasteiger partial charge in [-0.2, -0.15) is 0 Å². The Kier molecular flexibility index (Phi) is 7.66. The summed E-state index contributed by atoms with van der Waals surface area (Å²) in [6.45, 7) is 8.80. The molecule has 0 unspecified atom stereocenters. The number of aryl methyl sites for hydroxylation is 2. The fraction of sp³-hybridized carbons (Fsp3) is 0.321. The maximum absolute atomic E-state index is 13.0. The minimum Gasteiger partial charge on any atom is -0.497 e. The predicted molar refractivity (Wildman–Crippen MR) is 142 cm³/mol. The van der Waals surface area contributed by atoms with Crippen molar-refractivity contribution in [2.75, 3.05) is 7.11 Å². The zero-order chi connectivity index (χ0) is 24.9. The van der Waals surface area contributed by atoms with Crippen molar-refractivity contribution in [3.8, 4) is 27.7 Å². The number of methoxy groups -OCH3 is 1. The van der Waals surface area contributed by atoms with Gasteiger partial charge in [0, 0.05) is 41.1 Å². The topological polar surface area (TPSA) is 69.0 Å². The molecule has 1 aromatic carbocycles. The third kappa shape index (κ3) is 5.62. The monoisotopic (exact) mass is 488 g/mol. The number of carbonyl (C=O) groups is 1. The smallest absolute Gasteiger partial charge is 0.253 e. The first-order valence-corrected chi connectivity index (χ1v) is 12.8. The molecule has 0 aliphatic rings. The van der Waals surface area contributed by atoms with Gasteiger partial charge in [-0.25, -0.2) is 4.98 Å². The van der Waals surface area contributed by atoms with Gasteiger partial charge in [-0.1, -0.05) is 19.1 Å². The van der Waals surface area contributed by atoms with Crippen molar-refractivity contribution < 1.29 is 9.53 Å². The van der Waals surface area contributed by atoms with E-state index in [0.717, 1.165) is 58.5 Å². The molecule has 4 aromatic rings. The number of amides is 1. The number of thiazole rings is 1. The molecule has 182 valence electrons. The second-order valence-electron chi connectivity index (χ2n) is 8.83. The van der Waals surface area contributed by atoms with Crippen molar-refractivity contribution in [2.24, 2.45) is 0 Å². The maximum atomic E-state index is 13.0. The quantitative estimate of drug-likeness (QED) is 0.317. The van der Waals surface area contributed by atoms with E-state index in [9.17, 15) is 4.79 Å². The number of nitrogens with one attached hydrogen (secondary N) is 1. The number of aromatic nitrogens is 3. The molecule has 0 aliphatic carbocycles. The van der Waals surface area contributed by atoms with Crippen LogP contribution < -0.4 is 10.1 Å². The first kappa shape index (κ1) is 24.7. The molecule has 3 heterocycles. The zero-order valence-corrected chi connectivity index (χ0v) is 21.8. The molecule has 6 nitrogen and oxygen atoms in total. The molecule has 35 heavy (non-hydrogen) atoms. The molecule has 0 atom stereocenters. The van der Waals surface area contributed by atoms with Crippen molar-refractivity contribution in [2.45, 2.75) is 53.1 Å². The van der Waals surface area contributed by atoms with Crippen LogP contribution in [0.3, 0.4) is 0 Å². The first-order valence-electron chi connectivity index (χ1n) is 11.9. The molecule has 3 aromatic heterocycles. The van der Waals surface area contributed by atoms with Crippen molar-refractivity contribution in [3.05, 3.63) is 76.6 Å². The van der Waals surface area contributed by atoms with E-state index < -0.39 is 0 Å². The van der Waals surface area contributed by atoms with Crippen LogP contribution in [-0.4, -0.2) is 33.6 Å². The van der Waals surface area contributed by atoms with Crippen LogP contribution in [-0.2, 0) is 19.4 Å². The minimum atomic E-state index is -0.0564. The zero-order valence-electron chi connectivity index (χ0n) is 21.0. The number of ether oxygens (including phenoxy) is 1. The number of benzene rings is 1. The van der Waals surface area contributed by atoms with Gasteiger partial charge < -0.3 is 14.6 Å². The molecule has 0 saturated heterocycles. The number of carbonyl (C=O) groups excluding carboxylic acids is 1. The molecule has 0 saturated carbocycles. The van der Waals surface area contributed by atoms with E-state index in [-0.39, 0.29) is 11.9 Å². The molecule has 0 fully saturated rings. The summed E-state index contributed by atoms with van der Waals surface area (Å²) in [5, 5.41) is 6.05. The average Bonchev–Trinajstić information content (AvgIpc) is 3.47. The van der Waals surface area contributed by atoms with Crippen LogP contribution in [0.4, 0.5) is 0 Å². The first-order chi connectivity index (χ1) is 16.9. The predicted octanol–water partition coefficient (Wildman–Crippen LogP) is 5.93. The fourth-order valence-corrected chi connectivity index (χ4v) is 4.89. The third-order valence-corrected chi connectivity index (χ3v) is 6.90. The van der Waals surface area contributed by atoms with Gasteiger partial charge in [-0.05, 0) is 69.5 Å². The molecule has 0 aliphatic heterocycles. The van der Waals surface area contributed by atoms with Gasteiger partial charge in [0.05, 0.1) is 24.1 Å². The molecule has 1 amide bonds. The summed E-state index contributed by atoms with van der Waals surface area (Å²) >= 11 is 1.61. The highest BCUT2D eigenvalue weighted by atomic mass is 32.1.